The van der Waals surface area contributed by atoms with Gasteiger partial charge in [0.05, 0.1) is 23.4 Å². The highest BCUT2D eigenvalue weighted by molar-refractivity contribution is 9.10. The minimum absolute atomic E-state index is 0.116. The standard InChI is InChI=1S/C16H18BrClN2O3S/c1-2-23-15-13(17)7-12(18)8-14(15)19-16(22)20(4-5-21)9-11-3-6-24-10-11/h3,6-8,10,21H,2,4-5,9H2,1H3,(H,19,22). The van der Waals surface area contributed by atoms with Crippen molar-refractivity contribution in [3.05, 3.63) is 44.0 Å². The Balaban J connectivity index is 2.19. The number of benzene rings is 1. The summed E-state index contributed by atoms with van der Waals surface area (Å²) in [6.45, 7) is 2.85. The molecule has 5 nitrogen and oxygen atoms in total. The second-order valence-electron chi connectivity index (χ2n) is 4.90. The molecule has 2 aromatic rings. The molecule has 0 unspecified atom stereocenters. The van der Waals surface area contributed by atoms with E-state index in [4.69, 9.17) is 16.3 Å². The Labute approximate surface area is 158 Å². The van der Waals surface area contributed by atoms with Gasteiger partial charge in [0, 0.05) is 18.1 Å². The van der Waals surface area contributed by atoms with E-state index in [2.05, 4.69) is 21.2 Å². The van der Waals surface area contributed by atoms with Crippen LogP contribution in [0.3, 0.4) is 0 Å². The van der Waals surface area contributed by atoms with Gasteiger partial charge in [0.1, 0.15) is 0 Å². The molecule has 0 saturated carbocycles. The van der Waals surface area contributed by atoms with Gasteiger partial charge in [-0.25, -0.2) is 4.79 Å². The van der Waals surface area contributed by atoms with Crippen LogP contribution in [0.25, 0.3) is 0 Å². The van der Waals surface area contributed by atoms with Gasteiger partial charge in [-0.2, -0.15) is 11.3 Å². The summed E-state index contributed by atoms with van der Waals surface area (Å²) in [5, 5.41) is 16.4. The number of nitrogens with zero attached hydrogens (tertiary/aromatic N) is 1. The molecular weight excluding hydrogens is 416 g/mol. The van der Waals surface area contributed by atoms with Crippen LogP contribution in [0.2, 0.25) is 5.02 Å². The first-order valence-corrected chi connectivity index (χ1v) is 9.46. The van der Waals surface area contributed by atoms with Crippen molar-refractivity contribution in [3.8, 4) is 5.75 Å². The SMILES string of the molecule is CCOc1c(Br)cc(Cl)cc1NC(=O)N(CCO)Cc1ccsc1. The van der Waals surface area contributed by atoms with Crippen LogP contribution in [-0.4, -0.2) is 35.8 Å². The molecule has 0 aliphatic carbocycles. The molecule has 0 saturated heterocycles. The third kappa shape index (κ3) is 5.11. The fourth-order valence-electron chi connectivity index (χ4n) is 2.11. The van der Waals surface area contributed by atoms with Crippen LogP contribution in [0.1, 0.15) is 12.5 Å². The van der Waals surface area contributed by atoms with Crippen molar-refractivity contribution in [2.45, 2.75) is 13.5 Å². The summed E-state index contributed by atoms with van der Waals surface area (Å²) < 4.78 is 6.25. The van der Waals surface area contributed by atoms with Crippen LogP contribution in [0.4, 0.5) is 10.5 Å². The van der Waals surface area contributed by atoms with E-state index in [-0.39, 0.29) is 19.2 Å². The monoisotopic (exact) mass is 432 g/mol. The lowest BCUT2D eigenvalue weighted by molar-refractivity contribution is 0.185. The van der Waals surface area contributed by atoms with Gasteiger partial charge < -0.3 is 20.1 Å². The molecule has 1 aromatic carbocycles. The van der Waals surface area contributed by atoms with Crippen molar-refractivity contribution >= 4 is 50.6 Å². The number of amides is 2. The number of carbonyl (C=O) groups is 1. The van der Waals surface area contributed by atoms with Crippen molar-refractivity contribution in [1.29, 1.82) is 0 Å². The lowest BCUT2D eigenvalue weighted by Gasteiger charge is -2.23. The smallest absolute Gasteiger partial charge is 0.322 e. The minimum atomic E-state index is -0.328. The lowest BCUT2D eigenvalue weighted by Crippen LogP contribution is -2.36. The largest absolute Gasteiger partial charge is 0.491 e. The summed E-state index contributed by atoms with van der Waals surface area (Å²) in [6, 6.07) is 4.96. The number of urea groups is 1. The molecule has 8 heteroatoms. The Hall–Kier alpha value is -1.28. The van der Waals surface area contributed by atoms with Crippen molar-refractivity contribution in [2.24, 2.45) is 0 Å². The van der Waals surface area contributed by atoms with Crippen LogP contribution < -0.4 is 10.1 Å². The second kappa shape index (κ2) is 9.27. The van der Waals surface area contributed by atoms with Crippen LogP contribution in [-0.2, 0) is 6.54 Å². The van der Waals surface area contributed by atoms with Crippen LogP contribution in [0, 0.1) is 0 Å². The molecule has 2 rings (SSSR count). The van der Waals surface area contributed by atoms with Gasteiger partial charge in [0.15, 0.2) is 5.75 Å². The van der Waals surface area contributed by atoms with E-state index in [0.717, 1.165) is 5.56 Å². The van der Waals surface area contributed by atoms with E-state index in [9.17, 15) is 9.90 Å². The zero-order chi connectivity index (χ0) is 17.5. The van der Waals surface area contributed by atoms with Crippen LogP contribution in [0.5, 0.6) is 5.75 Å². The molecule has 130 valence electrons. The predicted molar refractivity (Wildman–Crippen MR) is 101 cm³/mol. The number of anilines is 1. The number of hydrogen-bond acceptors (Lipinski definition) is 4. The van der Waals surface area contributed by atoms with Crippen molar-refractivity contribution < 1.29 is 14.6 Å². The fourth-order valence-corrected chi connectivity index (χ4v) is 3.70. The molecule has 2 N–H and O–H groups in total. The van der Waals surface area contributed by atoms with Crippen LogP contribution >= 0.6 is 38.9 Å². The third-order valence-electron chi connectivity index (χ3n) is 3.15. The lowest BCUT2D eigenvalue weighted by atomic mass is 10.3. The topological polar surface area (TPSA) is 61.8 Å². The highest BCUT2D eigenvalue weighted by atomic mass is 79.9. The molecule has 0 radical (unpaired) electrons. The molecular formula is C16H18BrClN2O3S. The normalized spacial score (nSPS) is 10.5. The Bertz CT molecular complexity index is 682. The molecule has 0 spiro atoms. The maximum Gasteiger partial charge on any atom is 0.322 e. The molecule has 24 heavy (non-hydrogen) atoms. The number of thiophene rings is 1. The van der Waals surface area contributed by atoms with Crippen molar-refractivity contribution in [2.75, 3.05) is 25.1 Å². The van der Waals surface area contributed by atoms with E-state index in [1.807, 2.05) is 23.8 Å². The summed E-state index contributed by atoms with van der Waals surface area (Å²) in [6.07, 6.45) is 0. The van der Waals surface area contributed by atoms with Crippen molar-refractivity contribution in [1.82, 2.24) is 4.90 Å². The predicted octanol–water partition coefficient (Wildman–Crippen LogP) is 4.59. The van der Waals surface area contributed by atoms with E-state index >= 15 is 0 Å². The first-order valence-electron chi connectivity index (χ1n) is 7.34. The molecule has 2 amide bonds. The Morgan fingerprint density at radius 1 is 1.50 bits per heavy atom. The highest BCUT2D eigenvalue weighted by Gasteiger charge is 2.18. The Kier molecular flexibility index (Phi) is 7.36. The molecule has 0 fully saturated rings. The number of aliphatic hydroxyl groups excluding tert-OH is 1. The first kappa shape index (κ1) is 19.1. The zero-order valence-electron chi connectivity index (χ0n) is 13.1. The molecule has 0 bridgehead atoms. The van der Waals surface area contributed by atoms with Gasteiger partial charge >= 0.3 is 6.03 Å². The highest BCUT2D eigenvalue weighted by Crippen LogP contribution is 2.36. The third-order valence-corrected chi connectivity index (χ3v) is 4.69. The number of carbonyl (C=O) groups excluding carboxylic acids is 1. The van der Waals surface area contributed by atoms with E-state index in [0.29, 0.717) is 34.1 Å². The van der Waals surface area contributed by atoms with E-state index in [1.165, 1.54) is 4.90 Å². The Morgan fingerprint density at radius 2 is 2.29 bits per heavy atom. The Morgan fingerprint density at radius 3 is 2.92 bits per heavy atom. The summed E-state index contributed by atoms with van der Waals surface area (Å²) >= 11 is 11.0. The second-order valence-corrected chi connectivity index (χ2v) is 6.98. The van der Waals surface area contributed by atoms with Gasteiger partial charge in [-0.15, -0.1) is 0 Å². The van der Waals surface area contributed by atoms with Gasteiger partial charge in [-0.1, -0.05) is 11.6 Å². The van der Waals surface area contributed by atoms with E-state index < -0.39 is 0 Å². The number of halogens is 2. The molecule has 1 aromatic heterocycles. The fraction of sp³-hybridized carbons (Fsp3) is 0.312. The summed E-state index contributed by atoms with van der Waals surface area (Å²) in [5.41, 5.74) is 1.50. The summed E-state index contributed by atoms with van der Waals surface area (Å²) in [7, 11) is 0. The minimum Gasteiger partial charge on any atom is -0.491 e. The molecule has 0 aliphatic rings. The van der Waals surface area contributed by atoms with E-state index in [1.54, 1.807) is 23.5 Å². The number of aliphatic hydroxyl groups is 1. The van der Waals surface area contributed by atoms with Gasteiger partial charge in [0.2, 0.25) is 0 Å². The van der Waals surface area contributed by atoms with Gasteiger partial charge in [-0.05, 0) is 57.4 Å². The molecule has 1 heterocycles. The number of hydrogen-bond donors (Lipinski definition) is 2. The van der Waals surface area contributed by atoms with Crippen molar-refractivity contribution in [3.63, 3.8) is 0 Å². The average Bonchev–Trinajstić information content (AvgIpc) is 3.03. The molecule has 0 aliphatic heterocycles. The van der Waals surface area contributed by atoms with Gasteiger partial charge in [-0.3, -0.25) is 0 Å². The first-order chi connectivity index (χ1) is 11.5. The average molecular weight is 434 g/mol. The molecule has 0 atom stereocenters. The quantitative estimate of drug-likeness (QED) is 0.671. The number of ether oxygens (including phenoxy) is 1. The number of rotatable bonds is 7. The zero-order valence-corrected chi connectivity index (χ0v) is 16.2. The number of nitrogens with one attached hydrogen (secondary N) is 1. The maximum atomic E-state index is 12.6. The van der Waals surface area contributed by atoms with Crippen LogP contribution in [0.15, 0.2) is 33.4 Å². The maximum absolute atomic E-state index is 12.6. The van der Waals surface area contributed by atoms with Gasteiger partial charge in [0.25, 0.3) is 0 Å². The summed E-state index contributed by atoms with van der Waals surface area (Å²) in [4.78, 5) is 14.1. The summed E-state index contributed by atoms with van der Waals surface area (Å²) in [5.74, 6) is 0.523.